The van der Waals surface area contributed by atoms with Gasteiger partial charge in [-0.25, -0.2) is 9.97 Å². The Morgan fingerprint density at radius 1 is 1.30 bits per heavy atom. The maximum absolute atomic E-state index is 5.71. The summed E-state index contributed by atoms with van der Waals surface area (Å²) in [5, 5.41) is 0.486. The highest BCUT2D eigenvalue weighted by atomic mass is 32.2. The summed E-state index contributed by atoms with van der Waals surface area (Å²) in [4.78, 5) is 20.8. The van der Waals surface area contributed by atoms with Crippen molar-refractivity contribution in [2.75, 3.05) is 5.73 Å². The highest BCUT2D eigenvalue weighted by Gasteiger charge is 2.10. The summed E-state index contributed by atoms with van der Waals surface area (Å²) in [6, 6.07) is 0. The molecule has 0 unspecified atom stereocenters. The molecule has 0 saturated heterocycles. The van der Waals surface area contributed by atoms with Gasteiger partial charge in [-0.05, 0) is 23.3 Å². The fourth-order valence-corrected chi connectivity index (χ4v) is 2.96. The van der Waals surface area contributed by atoms with Crippen LogP contribution in [-0.2, 0) is 6.42 Å². The third-order valence-corrected chi connectivity index (χ3v) is 3.95. The molecule has 3 rings (SSSR count). The molecule has 2 N–H and O–H groups in total. The zero-order chi connectivity index (χ0) is 13.9. The number of aromatic nitrogens is 7. The molecule has 10 heteroatoms. The average Bonchev–Trinajstić information content (AvgIpc) is 3.09. The average molecular weight is 306 g/mol. The predicted molar refractivity (Wildman–Crippen MR) is 74.8 cm³/mol. The normalized spacial score (nSPS) is 10.8. The number of aryl methyl sites for hydroxylation is 1. The molecule has 0 aliphatic rings. The van der Waals surface area contributed by atoms with Gasteiger partial charge in [0.05, 0.1) is 0 Å². The van der Waals surface area contributed by atoms with Gasteiger partial charge in [0, 0.05) is 18.8 Å². The first-order chi connectivity index (χ1) is 9.74. The summed E-state index contributed by atoms with van der Waals surface area (Å²) in [5.41, 5.74) is 5.71. The second kappa shape index (κ2) is 5.51. The molecule has 20 heavy (non-hydrogen) atoms. The molecule has 0 amide bonds. The Hall–Kier alpha value is -2.07. The fourth-order valence-electron chi connectivity index (χ4n) is 1.40. The van der Waals surface area contributed by atoms with E-state index in [2.05, 4.69) is 29.3 Å². The van der Waals surface area contributed by atoms with E-state index in [1.807, 2.05) is 6.92 Å². The van der Waals surface area contributed by atoms with Crippen molar-refractivity contribution in [2.45, 2.75) is 22.8 Å². The third kappa shape index (κ3) is 2.75. The number of nitrogen functional groups attached to an aromatic ring is 1. The molecule has 0 bridgehead atoms. The predicted octanol–water partition coefficient (Wildman–Crippen LogP) is 1.20. The zero-order valence-electron chi connectivity index (χ0n) is 10.5. The van der Waals surface area contributed by atoms with Gasteiger partial charge in [-0.1, -0.05) is 6.92 Å². The molecule has 3 aromatic rings. The molecule has 102 valence electrons. The standard InChI is InChI=1S/C10H10N8S2/c1-2-6-13-10(20-17-6)19-9-15-7(11)14-8(16-9)18-4-3-12-5-18/h3-5H,2H2,1H3,(H2,11,14,15,16). The third-order valence-electron chi connectivity index (χ3n) is 2.30. The highest BCUT2D eigenvalue weighted by Crippen LogP contribution is 2.26. The molecule has 0 aliphatic carbocycles. The minimum atomic E-state index is 0.159. The van der Waals surface area contributed by atoms with Crippen LogP contribution < -0.4 is 5.73 Å². The topological polar surface area (TPSA) is 108 Å². The quantitative estimate of drug-likeness (QED) is 0.766. The van der Waals surface area contributed by atoms with Gasteiger partial charge in [-0.15, -0.1) is 0 Å². The lowest BCUT2D eigenvalue weighted by Gasteiger charge is -2.02. The van der Waals surface area contributed by atoms with Crippen LogP contribution in [0.15, 0.2) is 28.2 Å². The summed E-state index contributed by atoms with van der Waals surface area (Å²) in [6.45, 7) is 2.01. The van der Waals surface area contributed by atoms with Crippen LogP contribution in [0.5, 0.6) is 0 Å². The van der Waals surface area contributed by atoms with E-state index in [1.165, 1.54) is 23.3 Å². The first-order valence-corrected chi connectivity index (χ1v) is 7.34. The molecule has 0 radical (unpaired) electrons. The maximum atomic E-state index is 5.71. The number of nitrogens with zero attached hydrogens (tertiary/aromatic N) is 7. The monoisotopic (exact) mass is 306 g/mol. The first-order valence-electron chi connectivity index (χ1n) is 5.75. The van der Waals surface area contributed by atoms with Crippen LogP contribution >= 0.6 is 23.3 Å². The van der Waals surface area contributed by atoms with Crippen molar-refractivity contribution in [1.82, 2.24) is 33.9 Å². The van der Waals surface area contributed by atoms with E-state index < -0.39 is 0 Å². The number of anilines is 1. The highest BCUT2D eigenvalue weighted by molar-refractivity contribution is 8.00. The largest absolute Gasteiger partial charge is 0.368 e. The molecule has 0 aliphatic heterocycles. The lowest BCUT2D eigenvalue weighted by atomic mass is 10.5. The van der Waals surface area contributed by atoms with Crippen LogP contribution in [0.4, 0.5) is 5.95 Å². The number of rotatable bonds is 4. The van der Waals surface area contributed by atoms with Gasteiger partial charge in [0.15, 0.2) is 4.34 Å². The Morgan fingerprint density at radius 2 is 2.20 bits per heavy atom. The molecule has 3 heterocycles. The molecular weight excluding hydrogens is 296 g/mol. The van der Waals surface area contributed by atoms with Crippen molar-refractivity contribution in [3.05, 3.63) is 24.5 Å². The van der Waals surface area contributed by atoms with E-state index in [4.69, 9.17) is 5.73 Å². The first kappa shape index (κ1) is 12.9. The van der Waals surface area contributed by atoms with Crippen LogP contribution in [0.3, 0.4) is 0 Å². The van der Waals surface area contributed by atoms with Gasteiger partial charge >= 0.3 is 0 Å². The number of nitrogens with two attached hydrogens (primary N) is 1. The molecule has 0 fully saturated rings. The molecule has 0 saturated carbocycles. The van der Waals surface area contributed by atoms with Crippen LogP contribution in [0.25, 0.3) is 5.95 Å². The van der Waals surface area contributed by atoms with Crippen molar-refractivity contribution < 1.29 is 0 Å². The second-order valence-corrected chi connectivity index (χ2v) is 5.64. The van der Waals surface area contributed by atoms with Gasteiger partial charge in [0.1, 0.15) is 12.2 Å². The smallest absolute Gasteiger partial charge is 0.240 e. The second-order valence-electron chi connectivity index (χ2n) is 3.68. The maximum Gasteiger partial charge on any atom is 0.240 e. The summed E-state index contributed by atoms with van der Waals surface area (Å²) >= 11 is 2.64. The van der Waals surface area contributed by atoms with E-state index in [9.17, 15) is 0 Å². The van der Waals surface area contributed by atoms with Crippen LogP contribution in [-0.4, -0.2) is 33.9 Å². The van der Waals surface area contributed by atoms with Crippen molar-refractivity contribution in [2.24, 2.45) is 0 Å². The summed E-state index contributed by atoms with van der Waals surface area (Å²) in [6.07, 6.45) is 5.79. The lowest BCUT2D eigenvalue weighted by molar-refractivity contribution is 0.831. The molecule has 0 atom stereocenters. The molecule has 3 aromatic heterocycles. The van der Waals surface area contributed by atoms with Crippen LogP contribution in [0.1, 0.15) is 12.7 Å². The Bertz CT molecular complexity index is 708. The van der Waals surface area contributed by atoms with Crippen molar-refractivity contribution in [3.8, 4) is 5.95 Å². The molecule has 8 nitrogen and oxygen atoms in total. The fraction of sp³-hybridized carbons (Fsp3) is 0.200. The summed E-state index contributed by atoms with van der Waals surface area (Å²) in [5.74, 6) is 1.40. The van der Waals surface area contributed by atoms with Gasteiger partial charge in [-0.3, -0.25) is 4.57 Å². The zero-order valence-corrected chi connectivity index (χ0v) is 12.1. The number of hydrogen-bond donors (Lipinski definition) is 1. The van der Waals surface area contributed by atoms with E-state index in [0.29, 0.717) is 11.1 Å². The Morgan fingerprint density at radius 3 is 2.90 bits per heavy atom. The van der Waals surface area contributed by atoms with E-state index >= 15 is 0 Å². The number of imidazole rings is 1. The Kier molecular flexibility index (Phi) is 3.56. The van der Waals surface area contributed by atoms with Crippen LogP contribution in [0, 0.1) is 0 Å². The molecule has 0 aromatic carbocycles. The summed E-state index contributed by atoms with van der Waals surface area (Å²) in [7, 11) is 0. The van der Waals surface area contributed by atoms with Crippen LogP contribution in [0.2, 0.25) is 0 Å². The Balaban J connectivity index is 1.90. The van der Waals surface area contributed by atoms with Gasteiger partial charge in [0.25, 0.3) is 0 Å². The van der Waals surface area contributed by atoms with Gasteiger partial charge in [0.2, 0.25) is 17.1 Å². The van der Waals surface area contributed by atoms with Crippen molar-refractivity contribution in [3.63, 3.8) is 0 Å². The molecule has 0 spiro atoms. The van der Waals surface area contributed by atoms with Gasteiger partial charge in [-0.2, -0.15) is 19.3 Å². The van der Waals surface area contributed by atoms with Gasteiger partial charge < -0.3 is 5.73 Å². The molecular formula is C10H10N8S2. The van der Waals surface area contributed by atoms with E-state index in [-0.39, 0.29) is 5.95 Å². The summed E-state index contributed by atoms with van der Waals surface area (Å²) < 4.78 is 6.67. The SMILES string of the molecule is CCc1nsc(Sc2nc(N)nc(-n3ccnc3)n2)n1. The van der Waals surface area contributed by atoms with Crippen molar-refractivity contribution in [1.29, 1.82) is 0 Å². The minimum Gasteiger partial charge on any atom is -0.368 e. The van der Waals surface area contributed by atoms with Crippen molar-refractivity contribution >= 4 is 29.2 Å². The number of hydrogen-bond acceptors (Lipinski definition) is 9. The minimum absolute atomic E-state index is 0.159. The lowest BCUT2D eigenvalue weighted by Crippen LogP contribution is -2.05. The van der Waals surface area contributed by atoms with E-state index in [1.54, 1.807) is 23.3 Å². The van der Waals surface area contributed by atoms with E-state index in [0.717, 1.165) is 16.6 Å². The Labute approximate surface area is 122 Å².